The third-order valence-corrected chi connectivity index (χ3v) is 6.29. The Labute approximate surface area is 160 Å². The molecule has 4 nitrogen and oxygen atoms in total. The van der Waals surface area contributed by atoms with Crippen LogP contribution in [-0.2, 0) is 4.74 Å². The molecule has 0 radical (unpaired) electrons. The van der Waals surface area contributed by atoms with Gasteiger partial charge < -0.3 is 14.8 Å². The van der Waals surface area contributed by atoms with Crippen LogP contribution in [-0.4, -0.2) is 20.2 Å². The predicted molar refractivity (Wildman–Crippen MR) is 107 cm³/mol. The molecular formula is C23H27NO3. The van der Waals surface area contributed by atoms with Crippen molar-refractivity contribution in [2.45, 2.75) is 45.1 Å². The summed E-state index contributed by atoms with van der Waals surface area (Å²) in [6.07, 6.45) is 3.69. The number of anilines is 1. The minimum atomic E-state index is -0.277. The van der Waals surface area contributed by atoms with Crippen molar-refractivity contribution in [3.8, 4) is 5.75 Å². The molecule has 0 amide bonds. The summed E-state index contributed by atoms with van der Waals surface area (Å²) in [5.41, 5.74) is 6.83. The molecule has 1 aliphatic heterocycles. The summed E-state index contributed by atoms with van der Waals surface area (Å²) in [7, 11) is 3.15. The SMILES string of the molecule is COC(=O)c1cc(C)c([C@H]2Nc3ccc(OC)cc3[C@@H]3CCC[C@H]23)c(C)c1. The molecule has 4 rings (SSSR count). The quantitative estimate of drug-likeness (QED) is 0.764. The molecule has 2 aliphatic rings. The molecule has 0 spiro atoms. The number of esters is 1. The first-order valence-corrected chi connectivity index (χ1v) is 9.67. The summed E-state index contributed by atoms with van der Waals surface area (Å²) >= 11 is 0. The minimum absolute atomic E-state index is 0.269. The van der Waals surface area contributed by atoms with Crippen LogP contribution in [0, 0.1) is 19.8 Å². The van der Waals surface area contributed by atoms with Crippen molar-refractivity contribution in [3.63, 3.8) is 0 Å². The highest BCUT2D eigenvalue weighted by Gasteiger charge is 2.41. The van der Waals surface area contributed by atoms with Crippen LogP contribution in [0.4, 0.5) is 5.69 Å². The Morgan fingerprint density at radius 1 is 1.07 bits per heavy atom. The average Bonchev–Trinajstić information content (AvgIpc) is 3.16. The summed E-state index contributed by atoms with van der Waals surface area (Å²) in [5.74, 6) is 1.77. The van der Waals surface area contributed by atoms with Gasteiger partial charge in [0.1, 0.15) is 5.75 Å². The lowest BCUT2D eigenvalue weighted by atomic mass is 9.75. The number of aryl methyl sites for hydroxylation is 2. The van der Waals surface area contributed by atoms with E-state index in [1.807, 2.05) is 18.2 Å². The molecule has 1 aliphatic carbocycles. The second-order valence-corrected chi connectivity index (χ2v) is 7.79. The molecule has 4 heteroatoms. The van der Waals surface area contributed by atoms with Gasteiger partial charge in [-0.05, 0) is 91.1 Å². The Balaban J connectivity index is 1.77. The third kappa shape index (κ3) is 2.97. The third-order valence-electron chi connectivity index (χ3n) is 6.29. The van der Waals surface area contributed by atoms with Gasteiger partial charge in [-0.1, -0.05) is 6.42 Å². The number of carbonyl (C=O) groups excluding carboxylic acids is 1. The molecule has 0 bridgehead atoms. The highest BCUT2D eigenvalue weighted by atomic mass is 16.5. The van der Waals surface area contributed by atoms with E-state index in [1.165, 1.54) is 43.2 Å². The number of nitrogens with one attached hydrogen (secondary N) is 1. The number of carbonyl (C=O) groups is 1. The van der Waals surface area contributed by atoms with E-state index in [2.05, 4.69) is 31.3 Å². The standard InChI is InChI=1S/C23H27NO3/c1-13-10-15(23(25)27-4)11-14(2)21(13)22-18-7-5-6-17(18)19-12-16(26-3)8-9-20(19)24-22/h8-12,17-18,22,24H,5-7H2,1-4H3/t17-,18+,22+/m1/s1. The van der Waals surface area contributed by atoms with Crippen LogP contribution in [0.3, 0.4) is 0 Å². The second-order valence-electron chi connectivity index (χ2n) is 7.79. The van der Waals surface area contributed by atoms with Gasteiger partial charge in [0.2, 0.25) is 0 Å². The molecule has 0 saturated heterocycles. The highest BCUT2D eigenvalue weighted by molar-refractivity contribution is 5.90. The van der Waals surface area contributed by atoms with Crippen LogP contribution in [0.1, 0.15) is 63.8 Å². The first-order valence-electron chi connectivity index (χ1n) is 9.67. The summed E-state index contributed by atoms with van der Waals surface area (Å²) in [5, 5.41) is 3.81. The molecule has 1 fully saturated rings. The molecule has 2 aromatic rings. The predicted octanol–water partition coefficient (Wildman–Crippen LogP) is 5.15. The fourth-order valence-electron chi connectivity index (χ4n) is 5.14. The lowest BCUT2D eigenvalue weighted by molar-refractivity contribution is 0.0600. The van der Waals surface area contributed by atoms with E-state index in [9.17, 15) is 4.79 Å². The Morgan fingerprint density at radius 3 is 2.48 bits per heavy atom. The van der Waals surface area contributed by atoms with Crippen LogP contribution < -0.4 is 10.1 Å². The van der Waals surface area contributed by atoms with E-state index in [1.54, 1.807) is 7.11 Å². The van der Waals surface area contributed by atoms with E-state index >= 15 is 0 Å². The van der Waals surface area contributed by atoms with Crippen molar-refractivity contribution in [2.24, 2.45) is 5.92 Å². The van der Waals surface area contributed by atoms with Gasteiger partial charge >= 0.3 is 5.97 Å². The number of ether oxygens (including phenoxy) is 2. The Kier molecular flexibility index (Phi) is 4.58. The first-order chi connectivity index (χ1) is 13.0. The lowest BCUT2D eigenvalue weighted by Crippen LogP contribution is -2.30. The Morgan fingerprint density at radius 2 is 1.81 bits per heavy atom. The molecular weight excluding hydrogens is 338 g/mol. The number of hydrogen-bond donors (Lipinski definition) is 1. The van der Waals surface area contributed by atoms with Gasteiger partial charge in [-0.15, -0.1) is 0 Å². The maximum atomic E-state index is 12.0. The summed E-state index contributed by atoms with van der Waals surface area (Å²) < 4.78 is 10.4. The maximum Gasteiger partial charge on any atom is 0.337 e. The molecule has 3 atom stereocenters. The van der Waals surface area contributed by atoms with Crippen LogP contribution in [0.2, 0.25) is 0 Å². The molecule has 0 unspecified atom stereocenters. The van der Waals surface area contributed by atoms with Crippen LogP contribution in [0.25, 0.3) is 0 Å². The minimum Gasteiger partial charge on any atom is -0.497 e. The number of methoxy groups -OCH3 is 2. The van der Waals surface area contributed by atoms with Crippen molar-refractivity contribution >= 4 is 11.7 Å². The van der Waals surface area contributed by atoms with E-state index < -0.39 is 0 Å². The van der Waals surface area contributed by atoms with Gasteiger partial charge in [0.05, 0.1) is 25.8 Å². The van der Waals surface area contributed by atoms with Gasteiger partial charge in [-0.25, -0.2) is 4.79 Å². The number of benzene rings is 2. The fourth-order valence-corrected chi connectivity index (χ4v) is 5.14. The number of rotatable bonds is 3. The van der Waals surface area contributed by atoms with Crippen molar-refractivity contribution in [1.29, 1.82) is 0 Å². The van der Waals surface area contributed by atoms with E-state index in [-0.39, 0.29) is 12.0 Å². The van der Waals surface area contributed by atoms with Crippen LogP contribution in [0.5, 0.6) is 5.75 Å². The molecule has 0 aromatic heterocycles. The molecule has 2 aromatic carbocycles. The van der Waals surface area contributed by atoms with Gasteiger partial charge in [0.25, 0.3) is 0 Å². The zero-order chi connectivity index (χ0) is 19.1. The van der Waals surface area contributed by atoms with Gasteiger partial charge in [-0.3, -0.25) is 0 Å². The van der Waals surface area contributed by atoms with E-state index in [0.29, 0.717) is 17.4 Å². The van der Waals surface area contributed by atoms with Gasteiger partial charge in [0.15, 0.2) is 0 Å². The van der Waals surface area contributed by atoms with E-state index in [0.717, 1.165) is 16.9 Å². The average molecular weight is 365 g/mol. The van der Waals surface area contributed by atoms with Crippen molar-refractivity contribution in [3.05, 3.63) is 58.1 Å². The van der Waals surface area contributed by atoms with E-state index in [4.69, 9.17) is 9.47 Å². The molecule has 1 N–H and O–H groups in total. The number of fused-ring (bicyclic) bond motifs is 3. The summed E-state index contributed by atoms with van der Waals surface area (Å²) in [6.45, 7) is 4.20. The summed E-state index contributed by atoms with van der Waals surface area (Å²) in [6, 6.07) is 10.6. The fraction of sp³-hybridized carbons (Fsp3) is 0.435. The van der Waals surface area contributed by atoms with Gasteiger partial charge in [0, 0.05) is 5.69 Å². The number of hydrogen-bond acceptors (Lipinski definition) is 4. The molecule has 1 heterocycles. The first kappa shape index (κ1) is 17.9. The Bertz CT molecular complexity index is 866. The van der Waals surface area contributed by atoms with Crippen LogP contribution >= 0.6 is 0 Å². The highest BCUT2D eigenvalue weighted by Crippen LogP contribution is 2.54. The van der Waals surface area contributed by atoms with Crippen molar-refractivity contribution in [2.75, 3.05) is 19.5 Å². The summed E-state index contributed by atoms with van der Waals surface area (Å²) in [4.78, 5) is 12.0. The lowest BCUT2D eigenvalue weighted by Gasteiger charge is -2.39. The largest absolute Gasteiger partial charge is 0.497 e. The zero-order valence-corrected chi connectivity index (χ0v) is 16.5. The monoisotopic (exact) mass is 365 g/mol. The second kappa shape index (κ2) is 6.91. The maximum absolute atomic E-state index is 12.0. The molecule has 1 saturated carbocycles. The Hall–Kier alpha value is -2.49. The van der Waals surface area contributed by atoms with Crippen molar-refractivity contribution < 1.29 is 14.3 Å². The van der Waals surface area contributed by atoms with Crippen LogP contribution in [0.15, 0.2) is 30.3 Å². The normalized spacial score (nSPS) is 23.2. The molecule has 27 heavy (non-hydrogen) atoms. The van der Waals surface area contributed by atoms with Crippen molar-refractivity contribution in [1.82, 2.24) is 0 Å². The zero-order valence-electron chi connectivity index (χ0n) is 16.5. The smallest absolute Gasteiger partial charge is 0.337 e. The molecule has 142 valence electrons. The topological polar surface area (TPSA) is 47.6 Å². The van der Waals surface area contributed by atoms with Gasteiger partial charge in [-0.2, -0.15) is 0 Å².